The van der Waals surface area contributed by atoms with Crippen LogP contribution in [0.4, 0.5) is 0 Å². The maximum atomic E-state index is 3.80. The standard InChI is InChI=1S/C11H25N2.2ClH/c1-7-8-11(12(2)3)9-10-13(4,5)6;;/h7,11H,1,8-10H2,2-6H3;2*1H/q+1;;/p-1. The Hall–Kier alpha value is 0.240. The number of hydrogen-bond donors (Lipinski definition) is 0. The molecule has 0 radical (unpaired) electrons. The van der Waals surface area contributed by atoms with Gasteiger partial charge in [-0.25, -0.2) is 0 Å². The summed E-state index contributed by atoms with van der Waals surface area (Å²) in [4.78, 5) is 2.29. The summed E-state index contributed by atoms with van der Waals surface area (Å²) in [5, 5.41) is 0. The highest BCUT2D eigenvalue weighted by atomic mass is 35.5. The van der Waals surface area contributed by atoms with Crippen LogP contribution in [-0.2, 0) is 0 Å². The van der Waals surface area contributed by atoms with Gasteiger partial charge in [-0.1, -0.05) is 6.08 Å². The Balaban J connectivity index is -0.000000720. The second kappa shape index (κ2) is 9.46. The Morgan fingerprint density at radius 2 is 1.73 bits per heavy atom. The molecule has 15 heavy (non-hydrogen) atoms. The van der Waals surface area contributed by atoms with Crippen molar-refractivity contribution < 1.29 is 16.9 Å². The van der Waals surface area contributed by atoms with Crippen molar-refractivity contribution in [3.05, 3.63) is 12.7 Å². The zero-order valence-corrected chi connectivity index (χ0v) is 12.2. The van der Waals surface area contributed by atoms with Crippen LogP contribution in [0.15, 0.2) is 12.7 Å². The molecule has 0 rings (SSSR count). The third kappa shape index (κ3) is 12.2. The van der Waals surface area contributed by atoms with Crippen LogP contribution in [0.2, 0.25) is 0 Å². The average Bonchev–Trinajstić information content (AvgIpc) is 1.95. The minimum Gasteiger partial charge on any atom is -1.00 e. The quantitative estimate of drug-likeness (QED) is 0.436. The first-order chi connectivity index (χ1) is 5.87. The van der Waals surface area contributed by atoms with Gasteiger partial charge < -0.3 is 21.8 Å². The van der Waals surface area contributed by atoms with Crippen LogP contribution in [0.1, 0.15) is 12.8 Å². The van der Waals surface area contributed by atoms with Gasteiger partial charge in [0, 0.05) is 12.5 Å². The lowest BCUT2D eigenvalue weighted by atomic mass is 10.1. The Morgan fingerprint density at radius 3 is 2.00 bits per heavy atom. The maximum Gasteiger partial charge on any atom is 0.0795 e. The lowest BCUT2D eigenvalue weighted by molar-refractivity contribution is -0.870. The largest absolute Gasteiger partial charge is 1.00 e. The summed E-state index contributed by atoms with van der Waals surface area (Å²) in [5.74, 6) is 0. The van der Waals surface area contributed by atoms with Gasteiger partial charge in [-0.15, -0.1) is 19.0 Å². The van der Waals surface area contributed by atoms with Gasteiger partial charge >= 0.3 is 0 Å². The Kier molecular flexibility index (Phi) is 13.0. The van der Waals surface area contributed by atoms with Gasteiger partial charge in [0.15, 0.2) is 0 Å². The summed E-state index contributed by atoms with van der Waals surface area (Å²) in [5.41, 5.74) is 0. The van der Waals surface area contributed by atoms with Gasteiger partial charge in [0.05, 0.1) is 27.7 Å². The van der Waals surface area contributed by atoms with E-state index < -0.39 is 0 Å². The Morgan fingerprint density at radius 1 is 1.27 bits per heavy atom. The summed E-state index contributed by atoms with van der Waals surface area (Å²) in [6.07, 6.45) is 4.34. The fraction of sp³-hybridized carbons (Fsp3) is 0.818. The monoisotopic (exact) mass is 256 g/mol. The van der Waals surface area contributed by atoms with E-state index in [0.29, 0.717) is 6.04 Å². The van der Waals surface area contributed by atoms with Gasteiger partial charge in [0.2, 0.25) is 0 Å². The molecule has 0 N–H and O–H groups in total. The summed E-state index contributed by atoms with van der Waals surface area (Å²) < 4.78 is 1.04. The van der Waals surface area contributed by atoms with Crippen LogP contribution >= 0.6 is 12.4 Å². The highest BCUT2D eigenvalue weighted by Gasteiger charge is 2.14. The lowest BCUT2D eigenvalue weighted by Gasteiger charge is -2.29. The molecule has 0 spiro atoms. The van der Waals surface area contributed by atoms with Crippen molar-refractivity contribution in [1.29, 1.82) is 0 Å². The molecule has 0 bridgehead atoms. The van der Waals surface area contributed by atoms with E-state index in [-0.39, 0.29) is 24.8 Å². The van der Waals surface area contributed by atoms with Crippen LogP contribution in [0.5, 0.6) is 0 Å². The average molecular weight is 257 g/mol. The molecule has 1 unspecified atom stereocenters. The number of halogens is 2. The van der Waals surface area contributed by atoms with Crippen molar-refractivity contribution in [3.8, 4) is 0 Å². The normalized spacial score (nSPS) is 12.7. The molecule has 0 heterocycles. The third-order valence-electron chi connectivity index (χ3n) is 2.30. The fourth-order valence-electron chi connectivity index (χ4n) is 1.32. The molecule has 0 aromatic rings. The Bertz CT molecular complexity index is 153. The van der Waals surface area contributed by atoms with Crippen molar-refractivity contribution in [1.82, 2.24) is 4.90 Å². The van der Waals surface area contributed by atoms with Crippen molar-refractivity contribution in [2.75, 3.05) is 41.8 Å². The summed E-state index contributed by atoms with van der Waals surface area (Å²) in [6, 6.07) is 0.648. The molecule has 94 valence electrons. The van der Waals surface area contributed by atoms with Crippen molar-refractivity contribution >= 4 is 12.4 Å². The molecule has 1 atom stereocenters. The molecule has 0 saturated carbocycles. The molecule has 4 heteroatoms. The van der Waals surface area contributed by atoms with Crippen LogP contribution < -0.4 is 12.4 Å². The molecular formula is C11H26Cl2N2. The fourth-order valence-corrected chi connectivity index (χ4v) is 1.32. The van der Waals surface area contributed by atoms with Crippen LogP contribution in [0.3, 0.4) is 0 Å². The van der Waals surface area contributed by atoms with E-state index in [2.05, 4.69) is 46.7 Å². The Labute approximate surface area is 108 Å². The molecule has 0 amide bonds. The molecular weight excluding hydrogens is 231 g/mol. The molecule has 0 saturated heterocycles. The van der Waals surface area contributed by atoms with E-state index >= 15 is 0 Å². The zero-order valence-electron chi connectivity index (χ0n) is 10.7. The van der Waals surface area contributed by atoms with Gasteiger partial charge in [-0.3, -0.25) is 0 Å². The number of rotatable bonds is 6. The van der Waals surface area contributed by atoms with E-state index in [1.807, 2.05) is 6.08 Å². The minimum atomic E-state index is 0. The van der Waals surface area contributed by atoms with E-state index in [1.54, 1.807) is 0 Å². The molecule has 0 aromatic carbocycles. The smallest absolute Gasteiger partial charge is 0.0795 e. The summed E-state index contributed by atoms with van der Waals surface area (Å²) in [7, 11) is 11.0. The van der Waals surface area contributed by atoms with Crippen molar-refractivity contribution in [3.63, 3.8) is 0 Å². The molecule has 0 aliphatic carbocycles. The second-order valence-electron chi connectivity index (χ2n) is 4.94. The van der Waals surface area contributed by atoms with Crippen molar-refractivity contribution in [2.24, 2.45) is 0 Å². The first-order valence-electron chi connectivity index (χ1n) is 4.94. The van der Waals surface area contributed by atoms with Gasteiger partial charge in [0.25, 0.3) is 0 Å². The molecule has 2 nitrogen and oxygen atoms in total. The third-order valence-corrected chi connectivity index (χ3v) is 2.30. The second-order valence-corrected chi connectivity index (χ2v) is 4.94. The minimum absolute atomic E-state index is 0. The predicted octanol–water partition coefficient (Wildman–Crippen LogP) is -0.985. The topological polar surface area (TPSA) is 3.24 Å². The van der Waals surface area contributed by atoms with Gasteiger partial charge in [-0.05, 0) is 20.5 Å². The maximum absolute atomic E-state index is 3.80. The van der Waals surface area contributed by atoms with Crippen LogP contribution in [0, 0.1) is 0 Å². The molecule has 0 aromatic heterocycles. The first-order valence-corrected chi connectivity index (χ1v) is 4.94. The summed E-state index contributed by atoms with van der Waals surface area (Å²) >= 11 is 0. The first kappa shape index (κ1) is 20.6. The zero-order chi connectivity index (χ0) is 10.5. The van der Waals surface area contributed by atoms with E-state index in [1.165, 1.54) is 13.0 Å². The SMILES string of the molecule is C=CCC(CC[N+](C)(C)C)N(C)C.Cl.[Cl-]. The van der Waals surface area contributed by atoms with E-state index in [0.717, 1.165) is 10.9 Å². The highest BCUT2D eigenvalue weighted by molar-refractivity contribution is 5.85. The van der Waals surface area contributed by atoms with Gasteiger partial charge in [0.1, 0.15) is 0 Å². The van der Waals surface area contributed by atoms with E-state index in [4.69, 9.17) is 0 Å². The highest BCUT2D eigenvalue weighted by Crippen LogP contribution is 2.07. The number of hydrogen-bond acceptors (Lipinski definition) is 1. The van der Waals surface area contributed by atoms with Crippen LogP contribution in [0.25, 0.3) is 0 Å². The van der Waals surface area contributed by atoms with Crippen molar-refractivity contribution in [2.45, 2.75) is 18.9 Å². The molecule has 0 aliphatic heterocycles. The lowest BCUT2D eigenvalue weighted by Crippen LogP contribution is -3.00. The van der Waals surface area contributed by atoms with E-state index in [9.17, 15) is 0 Å². The molecule has 0 aliphatic rings. The molecule has 0 fully saturated rings. The number of nitrogens with zero attached hydrogens (tertiary/aromatic N) is 2. The van der Waals surface area contributed by atoms with Crippen LogP contribution in [-0.4, -0.2) is 57.2 Å². The predicted molar refractivity (Wildman–Crippen MR) is 67.1 cm³/mol. The summed E-state index contributed by atoms with van der Waals surface area (Å²) in [6.45, 7) is 5.01. The number of quaternary nitrogens is 1. The van der Waals surface area contributed by atoms with Gasteiger partial charge in [-0.2, -0.15) is 0 Å².